The lowest BCUT2D eigenvalue weighted by Gasteiger charge is -2.47. The van der Waals surface area contributed by atoms with Crippen molar-refractivity contribution in [1.29, 1.82) is 0 Å². The van der Waals surface area contributed by atoms with Crippen molar-refractivity contribution in [2.45, 2.75) is 18.4 Å². The van der Waals surface area contributed by atoms with Crippen LogP contribution in [0.5, 0.6) is 0 Å². The Bertz CT molecular complexity index is 639. The molecular formula is C17H21FN2O4. The van der Waals surface area contributed by atoms with Crippen molar-refractivity contribution in [2.75, 3.05) is 44.9 Å². The van der Waals surface area contributed by atoms with E-state index < -0.39 is 5.60 Å². The Morgan fingerprint density at radius 2 is 2.25 bits per heavy atom. The van der Waals surface area contributed by atoms with Gasteiger partial charge in [-0.3, -0.25) is 9.59 Å². The number of hydrogen-bond acceptors (Lipinski definition) is 4. The van der Waals surface area contributed by atoms with Crippen LogP contribution in [0.3, 0.4) is 0 Å². The minimum Gasteiger partial charge on any atom is -0.375 e. The number of carbonyl (C=O) groups excluding carboxylic acids is 2. The minimum atomic E-state index is -0.609. The van der Waals surface area contributed by atoms with Gasteiger partial charge in [0.25, 0.3) is 5.91 Å². The highest BCUT2D eigenvalue weighted by atomic mass is 19.1. The molecule has 0 aliphatic carbocycles. The van der Waals surface area contributed by atoms with E-state index in [-0.39, 0.29) is 30.8 Å². The van der Waals surface area contributed by atoms with Crippen molar-refractivity contribution >= 4 is 17.5 Å². The third kappa shape index (κ3) is 3.42. The van der Waals surface area contributed by atoms with Gasteiger partial charge in [0.15, 0.2) is 0 Å². The molecule has 1 aromatic carbocycles. The molecule has 2 aliphatic heterocycles. The number of rotatable bonds is 3. The van der Waals surface area contributed by atoms with Crippen LogP contribution in [0.15, 0.2) is 24.3 Å². The third-order valence-corrected chi connectivity index (χ3v) is 4.53. The van der Waals surface area contributed by atoms with Crippen molar-refractivity contribution in [3.05, 3.63) is 30.1 Å². The summed E-state index contributed by atoms with van der Waals surface area (Å²) >= 11 is 0. The summed E-state index contributed by atoms with van der Waals surface area (Å²) in [4.78, 5) is 27.6. The summed E-state index contributed by atoms with van der Waals surface area (Å²) in [5.74, 6) is -0.678. The number of nitrogens with zero attached hydrogens (tertiary/aromatic N) is 2. The van der Waals surface area contributed by atoms with E-state index in [4.69, 9.17) is 9.47 Å². The Morgan fingerprint density at radius 3 is 3.00 bits per heavy atom. The molecule has 6 nitrogen and oxygen atoms in total. The van der Waals surface area contributed by atoms with Crippen molar-refractivity contribution in [2.24, 2.45) is 0 Å². The van der Waals surface area contributed by atoms with Crippen LogP contribution in [-0.2, 0) is 19.1 Å². The minimum absolute atomic E-state index is 0.0304. The summed E-state index contributed by atoms with van der Waals surface area (Å²) in [5, 5.41) is 0. The number of hydrogen-bond donors (Lipinski definition) is 0. The van der Waals surface area contributed by atoms with Crippen LogP contribution in [0, 0.1) is 5.82 Å². The Kier molecular flexibility index (Phi) is 4.82. The van der Waals surface area contributed by atoms with Crippen LogP contribution in [0.4, 0.5) is 10.1 Å². The molecule has 0 N–H and O–H groups in total. The van der Waals surface area contributed by atoms with Gasteiger partial charge in [0.1, 0.15) is 24.6 Å². The fraction of sp³-hybridized carbons (Fsp3) is 0.529. The van der Waals surface area contributed by atoms with Gasteiger partial charge in [-0.15, -0.1) is 0 Å². The number of ether oxygens (including phenoxy) is 2. The lowest BCUT2D eigenvalue weighted by molar-refractivity contribution is -0.155. The van der Waals surface area contributed by atoms with Gasteiger partial charge in [-0.2, -0.15) is 0 Å². The number of anilines is 1. The molecule has 1 aromatic rings. The topological polar surface area (TPSA) is 59.1 Å². The molecule has 0 bridgehead atoms. The number of methoxy groups -OCH3 is 1. The predicted molar refractivity (Wildman–Crippen MR) is 85.1 cm³/mol. The fourth-order valence-corrected chi connectivity index (χ4v) is 3.37. The summed E-state index contributed by atoms with van der Waals surface area (Å²) in [6.45, 7) is 1.34. The molecule has 1 spiro atoms. The number of morpholine rings is 1. The zero-order valence-corrected chi connectivity index (χ0v) is 13.7. The van der Waals surface area contributed by atoms with E-state index in [1.807, 2.05) is 0 Å². The average molecular weight is 336 g/mol. The van der Waals surface area contributed by atoms with Crippen molar-refractivity contribution in [3.63, 3.8) is 0 Å². The highest BCUT2D eigenvalue weighted by Gasteiger charge is 2.44. The van der Waals surface area contributed by atoms with Gasteiger partial charge in [-0.1, -0.05) is 6.07 Å². The largest absolute Gasteiger partial charge is 0.375 e. The molecule has 0 aromatic heterocycles. The first-order valence-electron chi connectivity index (χ1n) is 8.00. The van der Waals surface area contributed by atoms with Crippen LogP contribution in [-0.4, -0.2) is 62.3 Å². The number of amides is 2. The Morgan fingerprint density at radius 1 is 1.42 bits per heavy atom. The second kappa shape index (κ2) is 6.86. The normalized spacial score (nSPS) is 24.5. The zero-order valence-electron chi connectivity index (χ0n) is 13.7. The fourth-order valence-electron chi connectivity index (χ4n) is 3.37. The second-order valence-corrected chi connectivity index (χ2v) is 6.28. The van der Waals surface area contributed by atoms with Crippen LogP contribution in [0.2, 0.25) is 0 Å². The molecule has 0 saturated carbocycles. The number of carbonyl (C=O) groups is 2. The third-order valence-electron chi connectivity index (χ3n) is 4.53. The predicted octanol–water partition coefficient (Wildman–Crippen LogP) is 1.20. The molecular weight excluding hydrogens is 315 g/mol. The summed E-state index contributed by atoms with van der Waals surface area (Å²) < 4.78 is 24.3. The van der Waals surface area contributed by atoms with E-state index in [2.05, 4.69) is 0 Å². The Balaban J connectivity index is 1.78. The van der Waals surface area contributed by atoms with Crippen molar-refractivity contribution < 1.29 is 23.5 Å². The van der Waals surface area contributed by atoms with Crippen LogP contribution in [0.25, 0.3) is 0 Å². The van der Waals surface area contributed by atoms with Gasteiger partial charge in [0, 0.05) is 19.3 Å². The lowest BCUT2D eigenvalue weighted by atomic mass is 9.90. The average Bonchev–Trinajstić information content (AvgIpc) is 2.58. The molecule has 130 valence electrons. The summed E-state index contributed by atoms with van der Waals surface area (Å²) in [7, 11) is 1.49. The summed E-state index contributed by atoms with van der Waals surface area (Å²) in [6.07, 6.45) is 1.55. The van der Waals surface area contributed by atoms with Crippen molar-refractivity contribution in [3.8, 4) is 0 Å². The van der Waals surface area contributed by atoms with Crippen LogP contribution in [0.1, 0.15) is 12.8 Å². The molecule has 2 fully saturated rings. The number of halogens is 1. The molecule has 1 atom stereocenters. The number of piperidine rings is 1. The van der Waals surface area contributed by atoms with E-state index in [1.165, 1.54) is 19.2 Å². The van der Waals surface area contributed by atoms with E-state index >= 15 is 0 Å². The van der Waals surface area contributed by atoms with Gasteiger partial charge in [0.05, 0.1) is 13.1 Å². The first kappa shape index (κ1) is 16.9. The lowest BCUT2D eigenvalue weighted by Crippen LogP contribution is -2.62. The van der Waals surface area contributed by atoms with Gasteiger partial charge in [-0.05, 0) is 31.0 Å². The standard InChI is InChI=1S/C17H21FN2O4/c1-23-9-15(21)19-7-3-6-17(11-19)12-20(16(22)10-24-17)14-5-2-4-13(18)8-14/h2,4-5,8H,3,6-7,9-12H2,1H3. The van der Waals surface area contributed by atoms with Crippen molar-refractivity contribution in [1.82, 2.24) is 4.90 Å². The first-order valence-corrected chi connectivity index (χ1v) is 8.00. The highest BCUT2D eigenvalue weighted by Crippen LogP contribution is 2.32. The smallest absolute Gasteiger partial charge is 0.253 e. The zero-order chi connectivity index (χ0) is 17.2. The van der Waals surface area contributed by atoms with E-state index in [9.17, 15) is 14.0 Å². The Labute approximate surface area is 140 Å². The number of benzene rings is 1. The summed E-state index contributed by atoms with van der Waals surface area (Å²) in [5.41, 5.74) is -0.0926. The van der Waals surface area contributed by atoms with Gasteiger partial charge in [0.2, 0.25) is 5.91 Å². The Hall–Kier alpha value is -1.99. The number of likely N-dealkylation sites (tertiary alicyclic amines) is 1. The van der Waals surface area contributed by atoms with Crippen LogP contribution >= 0.6 is 0 Å². The molecule has 2 saturated heterocycles. The maximum Gasteiger partial charge on any atom is 0.253 e. The van der Waals surface area contributed by atoms with E-state index in [1.54, 1.807) is 21.9 Å². The van der Waals surface area contributed by atoms with E-state index in [0.29, 0.717) is 25.3 Å². The summed E-state index contributed by atoms with van der Waals surface area (Å²) in [6, 6.07) is 5.97. The first-order chi connectivity index (χ1) is 11.5. The van der Waals surface area contributed by atoms with Crippen LogP contribution < -0.4 is 4.90 Å². The molecule has 1 unspecified atom stereocenters. The maximum atomic E-state index is 13.5. The second-order valence-electron chi connectivity index (χ2n) is 6.28. The molecule has 3 rings (SSSR count). The molecule has 2 aliphatic rings. The molecule has 2 amide bonds. The molecule has 7 heteroatoms. The molecule has 2 heterocycles. The SMILES string of the molecule is COCC(=O)N1CCCC2(C1)CN(c1cccc(F)c1)C(=O)CO2. The maximum absolute atomic E-state index is 13.5. The quantitative estimate of drug-likeness (QED) is 0.832. The molecule has 24 heavy (non-hydrogen) atoms. The molecule has 0 radical (unpaired) electrons. The van der Waals surface area contributed by atoms with E-state index in [0.717, 1.165) is 12.8 Å². The highest BCUT2D eigenvalue weighted by molar-refractivity contribution is 5.95. The monoisotopic (exact) mass is 336 g/mol. The van der Waals surface area contributed by atoms with Gasteiger partial charge < -0.3 is 19.3 Å². The van der Waals surface area contributed by atoms with Gasteiger partial charge >= 0.3 is 0 Å². The van der Waals surface area contributed by atoms with Gasteiger partial charge in [-0.25, -0.2) is 4.39 Å².